The minimum Gasteiger partial charge on any atom is -0.480 e. The van der Waals surface area contributed by atoms with Crippen LogP contribution in [0.15, 0.2) is 36.4 Å². The summed E-state index contributed by atoms with van der Waals surface area (Å²) in [6, 6.07) is 4.37. The maximum absolute atomic E-state index is 12.4. The number of rotatable bonds is 8. The van der Waals surface area contributed by atoms with Crippen molar-refractivity contribution in [2.75, 3.05) is 0 Å². The van der Waals surface area contributed by atoms with E-state index in [1.54, 1.807) is 0 Å². The molecule has 156 valence electrons. The first-order chi connectivity index (χ1) is 14.0. The summed E-state index contributed by atoms with van der Waals surface area (Å²) in [5.41, 5.74) is -6.85. The molecule has 0 aliphatic carbocycles. The van der Waals surface area contributed by atoms with E-state index in [9.17, 15) is 50.4 Å². The highest BCUT2D eigenvalue weighted by atomic mass is 16.6. The standard InChI is InChI=1S/C16H12N4O10/c1-2-16(15(21)22,11-5-3-10(18(25)26)8-14(11)20(29)30)12-7-9(17(23)24)4-6-13(12)19(27)28/h3-8H,2H2,1H3,(H,21,22). The van der Waals surface area contributed by atoms with E-state index in [0.717, 1.165) is 24.3 Å². The van der Waals surface area contributed by atoms with Crippen molar-refractivity contribution in [3.05, 3.63) is 88.0 Å². The molecular formula is C16H12N4O10. The molecule has 0 aliphatic heterocycles. The number of carbonyl (C=O) groups is 1. The van der Waals surface area contributed by atoms with Crippen LogP contribution in [0, 0.1) is 40.5 Å². The maximum atomic E-state index is 12.4. The zero-order chi connectivity index (χ0) is 22.8. The second kappa shape index (κ2) is 7.86. The van der Waals surface area contributed by atoms with Crippen LogP contribution in [0.1, 0.15) is 24.5 Å². The third-order valence-corrected chi connectivity index (χ3v) is 4.59. The predicted octanol–water partition coefficient (Wildman–Crippen LogP) is 3.10. The van der Waals surface area contributed by atoms with Crippen molar-refractivity contribution >= 4 is 28.7 Å². The lowest BCUT2D eigenvalue weighted by molar-refractivity contribution is -0.395. The lowest BCUT2D eigenvalue weighted by Gasteiger charge is -2.28. The van der Waals surface area contributed by atoms with Gasteiger partial charge in [0, 0.05) is 24.3 Å². The molecule has 0 aromatic heterocycles. The van der Waals surface area contributed by atoms with Crippen LogP contribution in [0.25, 0.3) is 0 Å². The lowest BCUT2D eigenvalue weighted by atomic mass is 9.71. The second-order valence-corrected chi connectivity index (χ2v) is 6.00. The zero-order valence-electron chi connectivity index (χ0n) is 15.1. The van der Waals surface area contributed by atoms with Gasteiger partial charge in [0.1, 0.15) is 5.41 Å². The normalized spacial score (nSPS) is 12.6. The van der Waals surface area contributed by atoms with Crippen molar-refractivity contribution in [2.45, 2.75) is 18.8 Å². The second-order valence-electron chi connectivity index (χ2n) is 6.00. The first-order valence-corrected chi connectivity index (χ1v) is 8.07. The molecule has 0 amide bonds. The molecule has 14 heteroatoms. The SMILES string of the molecule is CCC(C(=O)O)(c1ccc([N+](=O)[O-])cc1[N+](=O)[O-])c1cc([N+](=O)[O-])ccc1[N+](=O)[O-]. The molecule has 0 radical (unpaired) electrons. The van der Waals surface area contributed by atoms with Gasteiger partial charge in [0.05, 0.1) is 36.9 Å². The van der Waals surface area contributed by atoms with Gasteiger partial charge in [-0.25, -0.2) is 0 Å². The Kier molecular flexibility index (Phi) is 5.71. The fourth-order valence-corrected chi connectivity index (χ4v) is 3.19. The van der Waals surface area contributed by atoms with E-state index >= 15 is 0 Å². The Morgan fingerprint density at radius 3 is 1.73 bits per heavy atom. The van der Waals surface area contributed by atoms with Gasteiger partial charge in [-0.1, -0.05) is 6.92 Å². The average molecular weight is 420 g/mol. The predicted molar refractivity (Wildman–Crippen MR) is 98.2 cm³/mol. The molecule has 0 spiro atoms. The maximum Gasteiger partial charge on any atom is 0.319 e. The van der Waals surface area contributed by atoms with Crippen molar-refractivity contribution in [1.29, 1.82) is 0 Å². The molecule has 2 rings (SSSR count). The van der Waals surface area contributed by atoms with Crippen LogP contribution in [0.4, 0.5) is 22.7 Å². The summed E-state index contributed by atoms with van der Waals surface area (Å²) in [5.74, 6) is -1.76. The molecule has 0 saturated heterocycles. The third-order valence-electron chi connectivity index (χ3n) is 4.59. The van der Waals surface area contributed by atoms with Crippen LogP contribution >= 0.6 is 0 Å². The van der Waals surface area contributed by atoms with Crippen LogP contribution in [-0.4, -0.2) is 30.8 Å². The molecule has 2 aromatic carbocycles. The minimum atomic E-state index is -2.47. The number of hydrogen-bond donors (Lipinski definition) is 1. The topological polar surface area (TPSA) is 210 Å². The van der Waals surface area contributed by atoms with Crippen LogP contribution in [-0.2, 0) is 10.2 Å². The van der Waals surface area contributed by atoms with Crippen molar-refractivity contribution in [2.24, 2.45) is 0 Å². The Morgan fingerprint density at radius 1 is 0.800 bits per heavy atom. The Hall–Kier alpha value is -4.49. The quantitative estimate of drug-likeness (QED) is 0.487. The monoisotopic (exact) mass is 420 g/mol. The molecular weight excluding hydrogens is 408 g/mol. The van der Waals surface area contributed by atoms with Gasteiger partial charge < -0.3 is 5.11 Å². The van der Waals surface area contributed by atoms with Crippen molar-refractivity contribution in [1.82, 2.24) is 0 Å². The van der Waals surface area contributed by atoms with E-state index in [0.29, 0.717) is 12.1 Å². The number of nitrogens with zero attached hydrogens (tertiary/aromatic N) is 4. The summed E-state index contributed by atoms with van der Waals surface area (Å²) in [5, 5.41) is 55.2. The molecule has 1 N–H and O–H groups in total. The molecule has 0 fully saturated rings. The van der Waals surface area contributed by atoms with E-state index < -0.39 is 71.4 Å². The Balaban J connectivity index is 3.04. The number of benzene rings is 2. The average Bonchev–Trinajstić information content (AvgIpc) is 2.68. The fraction of sp³-hybridized carbons (Fsp3) is 0.188. The molecule has 1 unspecified atom stereocenters. The van der Waals surface area contributed by atoms with Gasteiger partial charge in [-0.15, -0.1) is 0 Å². The molecule has 14 nitrogen and oxygen atoms in total. The molecule has 0 saturated carbocycles. The van der Waals surface area contributed by atoms with Gasteiger partial charge in [-0.2, -0.15) is 0 Å². The van der Waals surface area contributed by atoms with Gasteiger partial charge in [0.25, 0.3) is 22.7 Å². The van der Waals surface area contributed by atoms with Gasteiger partial charge in [-0.05, 0) is 12.5 Å². The first-order valence-electron chi connectivity index (χ1n) is 8.07. The minimum absolute atomic E-state index is 0.483. The number of non-ortho nitro benzene ring substituents is 2. The number of nitro groups is 4. The summed E-state index contributed by atoms with van der Waals surface area (Å²) in [4.78, 5) is 53.7. The zero-order valence-corrected chi connectivity index (χ0v) is 15.1. The lowest BCUT2D eigenvalue weighted by Crippen LogP contribution is -2.38. The number of carboxylic acids is 1. The summed E-state index contributed by atoms with van der Waals surface area (Å²) >= 11 is 0. The van der Waals surface area contributed by atoms with Crippen LogP contribution < -0.4 is 0 Å². The van der Waals surface area contributed by atoms with Crippen molar-refractivity contribution in [3.8, 4) is 0 Å². The van der Waals surface area contributed by atoms with E-state index in [1.807, 2.05) is 0 Å². The van der Waals surface area contributed by atoms with Gasteiger partial charge in [0.15, 0.2) is 0 Å². The highest BCUT2D eigenvalue weighted by molar-refractivity contribution is 5.89. The number of aliphatic carboxylic acids is 1. The summed E-state index contributed by atoms with van der Waals surface area (Å²) < 4.78 is 0. The molecule has 0 aliphatic rings. The van der Waals surface area contributed by atoms with E-state index in [2.05, 4.69) is 0 Å². The third kappa shape index (κ3) is 3.48. The number of hydrogen-bond acceptors (Lipinski definition) is 9. The molecule has 0 heterocycles. The van der Waals surface area contributed by atoms with E-state index in [-0.39, 0.29) is 0 Å². The molecule has 0 bridgehead atoms. The van der Waals surface area contributed by atoms with Crippen LogP contribution in [0.2, 0.25) is 0 Å². The molecule has 30 heavy (non-hydrogen) atoms. The number of carboxylic acid groups (broad SMARTS) is 1. The smallest absolute Gasteiger partial charge is 0.319 e. The van der Waals surface area contributed by atoms with Crippen LogP contribution in [0.3, 0.4) is 0 Å². The van der Waals surface area contributed by atoms with Gasteiger partial charge in [0.2, 0.25) is 0 Å². The molecule has 2 aromatic rings. The highest BCUT2D eigenvalue weighted by Gasteiger charge is 2.49. The van der Waals surface area contributed by atoms with E-state index in [4.69, 9.17) is 0 Å². The van der Waals surface area contributed by atoms with Crippen LogP contribution in [0.5, 0.6) is 0 Å². The fourth-order valence-electron chi connectivity index (χ4n) is 3.19. The summed E-state index contributed by atoms with van der Waals surface area (Å²) in [6.07, 6.45) is -0.483. The number of nitro benzene ring substituents is 4. The van der Waals surface area contributed by atoms with E-state index in [1.165, 1.54) is 6.92 Å². The van der Waals surface area contributed by atoms with Crippen molar-refractivity contribution < 1.29 is 29.6 Å². The Morgan fingerprint density at radius 2 is 1.30 bits per heavy atom. The molecule has 1 atom stereocenters. The van der Waals surface area contributed by atoms with Gasteiger partial charge in [-0.3, -0.25) is 45.3 Å². The highest BCUT2D eigenvalue weighted by Crippen LogP contribution is 2.46. The van der Waals surface area contributed by atoms with Gasteiger partial charge >= 0.3 is 5.97 Å². The van der Waals surface area contributed by atoms with Crippen molar-refractivity contribution in [3.63, 3.8) is 0 Å². The Labute approximate surface area is 166 Å². The summed E-state index contributed by atoms with van der Waals surface area (Å²) in [6.45, 7) is 1.27. The summed E-state index contributed by atoms with van der Waals surface area (Å²) in [7, 11) is 0. The first kappa shape index (κ1) is 21.8. The largest absolute Gasteiger partial charge is 0.480 e. The Bertz CT molecular complexity index is 1100.